The Balaban J connectivity index is 1.61. The van der Waals surface area contributed by atoms with Gasteiger partial charge in [-0.15, -0.1) is 13.2 Å². The van der Waals surface area contributed by atoms with Gasteiger partial charge in [0.15, 0.2) is 17.3 Å². The number of hydrogen-bond acceptors (Lipinski definition) is 6. The molecule has 0 saturated heterocycles. The van der Waals surface area contributed by atoms with E-state index >= 15 is 0 Å². The van der Waals surface area contributed by atoms with E-state index in [1.165, 1.54) is 0 Å². The van der Waals surface area contributed by atoms with Gasteiger partial charge in [0.05, 0.1) is 14.2 Å². The number of allylic oxidation sites excluding steroid dienone is 1. The lowest BCUT2D eigenvalue weighted by Crippen LogP contribution is -2.50. The number of rotatable bonds is 14. The van der Waals surface area contributed by atoms with Gasteiger partial charge in [-0.05, 0) is 56.2 Å². The Hall–Kier alpha value is -4.13. The Morgan fingerprint density at radius 3 is 2.46 bits per heavy atom. The second-order valence-corrected chi connectivity index (χ2v) is 9.75. The highest BCUT2D eigenvalue weighted by molar-refractivity contribution is 5.86. The van der Waals surface area contributed by atoms with Crippen molar-refractivity contribution in [3.8, 4) is 22.9 Å². The first-order valence-corrected chi connectivity index (χ1v) is 13.4. The van der Waals surface area contributed by atoms with Crippen LogP contribution in [0.15, 0.2) is 73.8 Å². The van der Waals surface area contributed by atoms with Gasteiger partial charge in [-0.25, -0.2) is 9.97 Å². The molecule has 1 aliphatic carbocycles. The fourth-order valence-electron chi connectivity index (χ4n) is 4.88. The molecule has 7 nitrogen and oxygen atoms in total. The summed E-state index contributed by atoms with van der Waals surface area (Å²) in [6.07, 6.45) is 7.00. The molecule has 0 bridgehead atoms. The molecule has 0 aliphatic heterocycles. The molecule has 1 heterocycles. The molecule has 0 spiro atoms. The Labute approximate surface area is 231 Å². The highest BCUT2D eigenvalue weighted by Crippen LogP contribution is 2.38. The standard InChI is InChI=1S/C32H38N4O3/c1-6-11-26-22(3)34-30(25-12-9-8-10-13-25)35-31(26)36(20-7-2)29(24-15-16-24)32(37)33-19-18-23-14-17-27(38-4)28(21-23)39-5/h6-10,12-14,17,21,24,29H,1-2,11,15-16,18-20H2,3-5H3,(H,33,37). The molecule has 0 radical (unpaired) electrons. The van der Waals surface area contributed by atoms with Crippen LogP contribution in [0.4, 0.5) is 5.82 Å². The van der Waals surface area contributed by atoms with Gasteiger partial charge >= 0.3 is 0 Å². The Morgan fingerprint density at radius 1 is 1.08 bits per heavy atom. The maximum atomic E-state index is 13.7. The third-order valence-corrected chi connectivity index (χ3v) is 7.00. The van der Waals surface area contributed by atoms with Crippen molar-refractivity contribution in [2.24, 2.45) is 5.92 Å². The van der Waals surface area contributed by atoms with Crippen LogP contribution in [-0.2, 0) is 17.6 Å². The number of amides is 1. The van der Waals surface area contributed by atoms with Gasteiger partial charge in [-0.2, -0.15) is 0 Å². The molecule has 4 rings (SSSR count). The third kappa shape index (κ3) is 6.66. The number of carbonyl (C=O) groups excluding carboxylic acids is 1. The van der Waals surface area contributed by atoms with E-state index in [1.54, 1.807) is 14.2 Å². The maximum Gasteiger partial charge on any atom is 0.243 e. The van der Waals surface area contributed by atoms with E-state index in [0.717, 1.165) is 41.0 Å². The molecule has 39 heavy (non-hydrogen) atoms. The highest BCUT2D eigenvalue weighted by Gasteiger charge is 2.41. The smallest absolute Gasteiger partial charge is 0.243 e. The van der Waals surface area contributed by atoms with Crippen LogP contribution in [0.1, 0.15) is 29.7 Å². The van der Waals surface area contributed by atoms with Crippen LogP contribution in [0.5, 0.6) is 11.5 Å². The Kier molecular flexibility index (Phi) is 9.36. The van der Waals surface area contributed by atoms with Crippen LogP contribution in [-0.4, -0.2) is 49.2 Å². The van der Waals surface area contributed by atoms with Crippen molar-refractivity contribution >= 4 is 11.7 Å². The molecule has 7 heteroatoms. The Morgan fingerprint density at radius 2 is 1.82 bits per heavy atom. The number of aromatic nitrogens is 2. The van der Waals surface area contributed by atoms with E-state index in [9.17, 15) is 4.79 Å². The van der Waals surface area contributed by atoms with Crippen molar-refractivity contribution in [2.75, 3.05) is 32.2 Å². The molecule has 204 valence electrons. The minimum Gasteiger partial charge on any atom is -0.493 e. The fraction of sp³-hybridized carbons (Fsp3) is 0.344. The summed E-state index contributed by atoms with van der Waals surface area (Å²) in [4.78, 5) is 25.7. The predicted molar refractivity (Wildman–Crippen MR) is 156 cm³/mol. The lowest BCUT2D eigenvalue weighted by atomic mass is 10.0. The fourth-order valence-corrected chi connectivity index (χ4v) is 4.88. The van der Waals surface area contributed by atoms with E-state index in [4.69, 9.17) is 19.4 Å². The maximum absolute atomic E-state index is 13.7. The first kappa shape index (κ1) is 27.9. The number of anilines is 1. The molecule has 1 atom stereocenters. The third-order valence-electron chi connectivity index (χ3n) is 7.00. The average molecular weight is 527 g/mol. The summed E-state index contributed by atoms with van der Waals surface area (Å²) in [5, 5.41) is 3.19. The van der Waals surface area contributed by atoms with Crippen LogP contribution in [0.25, 0.3) is 11.4 Å². The van der Waals surface area contributed by atoms with Crippen molar-refractivity contribution in [1.29, 1.82) is 0 Å². The molecule has 1 aliphatic rings. The zero-order chi connectivity index (χ0) is 27.8. The minimum absolute atomic E-state index is 0.00176. The molecule has 1 N–H and O–H groups in total. The van der Waals surface area contributed by atoms with Crippen LogP contribution < -0.4 is 19.7 Å². The van der Waals surface area contributed by atoms with Gasteiger partial charge in [-0.3, -0.25) is 4.79 Å². The largest absolute Gasteiger partial charge is 0.493 e. The zero-order valence-electron chi connectivity index (χ0n) is 23.2. The highest BCUT2D eigenvalue weighted by atomic mass is 16.5. The second kappa shape index (κ2) is 13.1. The number of ether oxygens (including phenoxy) is 2. The number of carbonyl (C=O) groups is 1. The SMILES string of the molecule is C=CCc1c(C)nc(-c2ccccc2)nc1N(CC=C)C(C(=O)NCCc1ccc(OC)c(OC)c1)C1CC1. The topological polar surface area (TPSA) is 76.6 Å². The van der Waals surface area contributed by atoms with Gasteiger partial charge in [0, 0.05) is 29.9 Å². The lowest BCUT2D eigenvalue weighted by molar-refractivity contribution is -0.122. The number of methoxy groups -OCH3 is 2. The Bertz CT molecular complexity index is 1300. The van der Waals surface area contributed by atoms with Crippen molar-refractivity contribution in [1.82, 2.24) is 15.3 Å². The predicted octanol–water partition coefficient (Wildman–Crippen LogP) is 5.33. The van der Waals surface area contributed by atoms with Crippen LogP contribution in [0.3, 0.4) is 0 Å². The number of aryl methyl sites for hydroxylation is 1. The second-order valence-electron chi connectivity index (χ2n) is 9.75. The molecule has 3 aromatic rings. The summed E-state index contributed by atoms with van der Waals surface area (Å²) in [5.74, 6) is 3.04. The van der Waals surface area contributed by atoms with Gasteiger partial charge in [0.1, 0.15) is 11.9 Å². The summed E-state index contributed by atoms with van der Waals surface area (Å²) in [6.45, 7) is 11.0. The van der Waals surface area contributed by atoms with Crippen molar-refractivity contribution < 1.29 is 14.3 Å². The molecule has 1 aromatic heterocycles. The quantitative estimate of drug-likeness (QED) is 0.286. The van der Waals surface area contributed by atoms with Crippen molar-refractivity contribution in [3.05, 3.63) is 90.7 Å². The van der Waals surface area contributed by atoms with E-state index in [2.05, 4.69) is 23.4 Å². The molecule has 1 fully saturated rings. The van der Waals surface area contributed by atoms with Crippen LogP contribution in [0.2, 0.25) is 0 Å². The molecule has 1 amide bonds. The summed E-state index contributed by atoms with van der Waals surface area (Å²) in [5.41, 5.74) is 3.87. The van der Waals surface area contributed by atoms with Crippen molar-refractivity contribution in [2.45, 2.75) is 38.6 Å². The molecule has 1 saturated carbocycles. The van der Waals surface area contributed by atoms with Crippen molar-refractivity contribution in [3.63, 3.8) is 0 Å². The number of nitrogens with one attached hydrogen (secondary N) is 1. The molecule has 2 aromatic carbocycles. The number of hydrogen-bond donors (Lipinski definition) is 1. The van der Waals surface area contributed by atoms with E-state index in [-0.39, 0.29) is 17.9 Å². The van der Waals surface area contributed by atoms with E-state index < -0.39 is 0 Å². The average Bonchev–Trinajstić information content (AvgIpc) is 3.79. The summed E-state index contributed by atoms with van der Waals surface area (Å²) in [6, 6.07) is 15.4. The summed E-state index contributed by atoms with van der Waals surface area (Å²) >= 11 is 0. The van der Waals surface area contributed by atoms with Gasteiger partial charge in [0.2, 0.25) is 5.91 Å². The first-order valence-electron chi connectivity index (χ1n) is 13.4. The summed E-state index contributed by atoms with van der Waals surface area (Å²) < 4.78 is 10.8. The minimum atomic E-state index is -0.352. The van der Waals surface area contributed by atoms with E-state index in [0.29, 0.717) is 43.3 Å². The zero-order valence-corrected chi connectivity index (χ0v) is 23.2. The normalized spacial score (nSPS) is 13.3. The van der Waals surface area contributed by atoms with Gasteiger partial charge in [0.25, 0.3) is 0 Å². The number of nitrogens with zero attached hydrogens (tertiary/aromatic N) is 3. The molecular weight excluding hydrogens is 488 g/mol. The van der Waals surface area contributed by atoms with E-state index in [1.807, 2.05) is 67.6 Å². The van der Waals surface area contributed by atoms with Gasteiger partial charge < -0.3 is 19.7 Å². The summed E-state index contributed by atoms with van der Waals surface area (Å²) in [7, 11) is 3.24. The molecule has 1 unspecified atom stereocenters. The van der Waals surface area contributed by atoms with Crippen LogP contribution >= 0.6 is 0 Å². The lowest BCUT2D eigenvalue weighted by Gasteiger charge is -2.33. The van der Waals surface area contributed by atoms with Gasteiger partial charge in [-0.1, -0.05) is 48.6 Å². The first-order chi connectivity index (χ1) is 19.0. The number of benzene rings is 2. The van der Waals surface area contributed by atoms with Crippen LogP contribution in [0, 0.1) is 12.8 Å². The monoisotopic (exact) mass is 526 g/mol. The molecular formula is C32H38N4O3.